The first-order valence-electron chi connectivity index (χ1n) is 8.79. The summed E-state index contributed by atoms with van der Waals surface area (Å²) in [5.74, 6) is 0. The lowest BCUT2D eigenvalue weighted by Crippen LogP contribution is -2.45. The van der Waals surface area contributed by atoms with Crippen LogP contribution in [0, 0.1) is 6.92 Å². The predicted molar refractivity (Wildman–Crippen MR) is 98.3 cm³/mol. The van der Waals surface area contributed by atoms with Gasteiger partial charge in [0.05, 0.1) is 12.1 Å². The van der Waals surface area contributed by atoms with Gasteiger partial charge in [-0.05, 0) is 37.0 Å². The van der Waals surface area contributed by atoms with Crippen LogP contribution in [0.5, 0.6) is 0 Å². The number of aliphatic hydroxyl groups is 1. The molecule has 0 saturated heterocycles. The van der Waals surface area contributed by atoms with Gasteiger partial charge < -0.3 is 15.3 Å². The zero-order chi connectivity index (χ0) is 17.7. The van der Waals surface area contributed by atoms with Gasteiger partial charge in [-0.2, -0.15) is 0 Å². The normalized spacial score (nSPS) is 15.8. The summed E-state index contributed by atoms with van der Waals surface area (Å²) in [6.07, 6.45) is 6.91. The van der Waals surface area contributed by atoms with Gasteiger partial charge in [0, 0.05) is 24.6 Å². The van der Waals surface area contributed by atoms with Gasteiger partial charge in [0.15, 0.2) is 0 Å². The molecule has 1 aliphatic rings. The maximum Gasteiger partial charge on any atom is 0.322 e. The molecule has 0 bridgehead atoms. The van der Waals surface area contributed by atoms with E-state index in [2.05, 4.69) is 10.3 Å². The van der Waals surface area contributed by atoms with Crippen LogP contribution in [0.25, 0.3) is 0 Å². The Hall–Kier alpha value is -2.40. The summed E-state index contributed by atoms with van der Waals surface area (Å²) in [7, 11) is 0. The summed E-state index contributed by atoms with van der Waals surface area (Å²) in [6.45, 7) is 2.73. The molecule has 2 aromatic rings. The van der Waals surface area contributed by atoms with Crippen LogP contribution in [0.15, 0.2) is 48.8 Å². The molecule has 1 saturated carbocycles. The molecule has 0 unspecified atom stereocenters. The average Bonchev–Trinajstić information content (AvgIpc) is 3.03. The Morgan fingerprint density at radius 3 is 2.64 bits per heavy atom. The van der Waals surface area contributed by atoms with Crippen molar-refractivity contribution in [2.24, 2.45) is 0 Å². The van der Waals surface area contributed by atoms with E-state index in [1.807, 2.05) is 37.3 Å². The van der Waals surface area contributed by atoms with E-state index in [1.165, 1.54) is 0 Å². The van der Waals surface area contributed by atoms with Crippen LogP contribution in [-0.2, 0) is 6.54 Å². The second kappa shape index (κ2) is 7.66. The van der Waals surface area contributed by atoms with E-state index in [4.69, 9.17) is 0 Å². The lowest BCUT2D eigenvalue weighted by Gasteiger charge is -2.31. The standard InChI is InChI=1S/C20H25N3O2/c1-16-13-21-12-9-18(16)22-19(24)23(14-17-7-3-2-4-8-17)15-20(25)10-5-6-11-20/h2-4,7-9,12-13,25H,5-6,10-11,14-15H2,1H3,(H,21,22,24). The SMILES string of the molecule is Cc1cnccc1NC(=O)N(Cc1ccccc1)CC1(O)CCCC1. The van der Waals surface area contributed by atoms with Gasteiger partial charge in [-0.1, -0.05) is 43.2 Å². The lowest BCUT2D eigenvalue weighted by atomic mass is 10.0. The highest BCUT2D eigenvalue weighted by atomic mass is 16.3. The molecule has 0 radical (unpaired) electrons. The smallest absolute Gasteiger partial charge is 0.322 e. The number of carbonyl (C=O) groups excluding carboxylic acids is 1. The summed E-state index contributed by atoms with van der Waals surface area (Å²) in [4.78, 5) is 18.6. The Bertz CT molecular complexity index is 712. The van der Waals surface area contributed by atoms with Gasteiger partial charge >= 0.3 is 6.03 Å². The van der Waals surface area contributed by atoms with Crippen LogP contribution in [0.2, 0.25) is 0 Å². The van der Waals surface area contributed by atoms with Crippen molar-refractivity contribution in [3.05, 3.63) is 59.9 Å². The number of pyridine rings is 1. The average molecular weight is 339 g/mol. The van der Waals surface area contributed by atoms with E-state index in [9.17, 15) is 9.90 Å². The number of hydrogen-bond acceptors (Lipinski definition) is 3. The third-order valence-corrected chi connectivity index (χ3v) is 4.78. The Morgan fingerprint density at radius 2 is 1.96 bits per heavy atom. The molecule has 5 heteroatoms. The minimum atomic E-state index is -0.778. The summed E-state index contributed by atoms with van der Waals surface area (Å²) in [5.41, 5.74) is 1.93. The van der Waals surface area contributed by atoms with E-state index in [-0.39, 0.29) is 6.03 Å². The van der Waals surface area contributed by atoms with Crippen molar-refractivity contribution in [2.75, 3.05) is 11.9 Å². The van der Waals surface area contributed by atoms with E-state index in [1.54, 1.807) is 23.4 Å². The largest absolute Gasteiger partial charge is 0.388 e. The Kier molecular flexibility index (Phi) is 5.34. The minimum absolute atomic E-state index is 0.196. The molecule has 132 valence electrons. The molecule has 2 N–H and O–H groups in total. The first kappa shape index (κ1) is 17.4. The monoisotopic (exact) mass is 339 g/mol. The predicted octanol–water partition coefficient (Wildman–Crippen LogP) is 3.73. The summed E-state index contributed by atoms with van der Waals surface area (Å²) in [5, 5.41) is 13.7. The molecule has 25 heavy (non-hydrogen) atoms. The fourth-order valence-electron chi connectivity index (χ4n) is 3.36. The third kappa shape index (κ3) is 4.57. The summed E-state index contributed by atoms with van der Waals surface area (Å²) >= 11 is 0. The van der Waals surface area contributed by atoms with Crippen LogP contribution in [0.3, 0.4) is 0 Å². The molecule has 0 aliphatic heterocycles. The van der Waals surface area contributed by atoms with E-state index < -0.39 is 5.60 Å². The van der Waals surface area contributed by atoms with Crippen molar-refractivity contribution in [1.82, 2.24) is 9.88 Å². The number of amides is 2. The highest BCUT2D eigenvalue weighted by molar-refractivity contribution is 5.90. The molecule has 1 aromatic carbocycles. The second-order valence-corrected chi connectivity index (χ2v) is 6.89. The summed E-state index contributed by atoms with van der Waals surface area (Å²) in [6, 6.07) is 11.5. The quantitative estimate of drug-likeness (QED) is 0.872. The van der Waals surface area contributed by atoms with Crippen LogP contribution < -0.4 is 5.32 Å². The number of hydrogen-bond donors (Lipinski definition) is 2. The van der Waals surface area contributed by atoms with E-state index >= 15 is 0 Å². The van der Waals surface area contributed by atoms with Crippen LogP contribution in [0.1, 0.15) is 36.8 Å². The molecule has 5 nitrogen and oxygen atoms in total. The maximum absolute atomic E-state index is 12.9. The van der Waals surface area contributed by atoms with Crippen LogP contribution in [-0.4, -0.2) is 33.2 Å². The topological polar surface area (TPSA) is 65.5 Å². The second-order valence-electron chi connectivity index (χ2n) is 6.89. The van der Waals surface area contributed by atoms with Crippen LogP contribution in [0.4, 0.5) is 10.5 Å². The molecule has 0 spiro atoms. The first-order valence-corrected chi connectivity index (χ1v) is 8.79. The number of aryl methyl sites for hydroxylation is 1. The maximum atomic E-state index is 12.9. The summed E-state index contributed by atoms with van der Waals surface area (Å²) < 4.78 is 0. The number of nitrogens with zero attached hydrogens (tertiary/aromatic N) is 2. The fraction of sp³-hybridized carbons (Fsp3) is 0.400. The van der Waals surface area contributed by atoms with Gasteiger partial charge in [-0.15, -0.1) is 0 Å². The van der Waals surface area contributed by atoms with Gasteiger partial charge in [0.25, 0.3) is 0 Å². The van der Waals surface area contributed by atoms with Crippen molar-refractivity contribution >= 4 is 11.7 Å². The Labute approximate surface area is 148 Å². The number of anilines is 1. The van der Waals surface area contributed by atoms with Crippen molar-refractivity contribution in [3.8, 4) is 0 Å². The molecule has 0 atom stereocenters. The molecular weight excluding hydrogens is 314 g/mol. The Morgan fingerprint density at radius 1 is 1.24 bits per heavy atom. The van der Waals surface area contributed by atoms with Gasteiger partial charge in [-0.3, -0.25) is 4.98 Å². The highest BCUT2D eigenvalue weighted by Crippen LogP contribution is 2.31. The number of aromatic nitrogens is 1. The van der Waals surface area contributed by atoms with E-state index in [0.29, 0.717) is 13.1 Å². The van der Waals surface area contributed by atoms with Gasteiger partial charge in [0.2, 0.25) is 0 Å². The van der Waals surface area contributed by atoms with Crippen molar-refractivity contribution in [2.45, 2.75) is 44.8 Å². The number of benzene rings is 1. The van der Waals surface area contributed by atoms with Crippen molar-refractivity contribution in [3.63, 3.8) is 0 Å². The molecule has 2 amide bonds. The molecular formula is C20H25N3O2. The third-order valence-electron chi connectivity index (χ3n) is 4.78. The zero-order valence-corrected chi connectivity index (χ0v) is 14.6. The number of urea groups is 1. The van der Waals surface area contributed by atoms with Crippen molar-refractivity contribution in [1.29, 1.82) is 0 Å². The highest BCUT2D eigenvalue weighted by Gasteiger charge is 2.34. The number of nitrogens with one attached hydrogen (secondary N) is 1. The number of rotatable bonds is 5. The molecule has 3 rings (SSSR count). The Balaban J connectivity index is 1.77. The lowest BCUT2D eigenvalue weighted by molar-refractivity contribution is 0.0192. The molecule has 1 heterocycles. The fourth-order valence-corrected chi connectivity index (χ4v) is 3.36. The van der Waals surface area contributed by atoms with Gasteiger partial charge in [-0.25, -0.2) is 4.79 Å². The number of carbonyl (C=O) groups is 1. The minimum Gasteiger partial charge on any atom is -0.388 e. The molecule has 1 aromatic heterocycles. The first-order chi connectivity index (χ1) is 12.1. The van der Waals surface area contributed by atoms with Crippen LogP contribution >= 0.6 is 0 Å². The molecule has 1 aliphatic carbocycles. The van der Waals surface area contributed by atoms with Crippen molar-refractivity contribution < 1.29 is 9.90 Å². The zero-order valence-electron chi connectivity index (χ0n) is 14.6. The van der Waals surface area contributed by atoms with Gasteiger partial charge in [0.1, 0.15) is 0 Å². The van der Waals surface area contributed by atoms with E-state index in [0.717, 1.165) is 42.5 Å². The molecule has 1 fully saturated rings.